The van der Waals surface area contributed by atoms with Crippen molar-refractivity contribution in [2.24, 2.45) is 0 Å². The minimum Gasteiger partial charge on any atom is -0.494 e. The van der Waals surface area contributed by atoms with Gasteiger partial charge in [-0.05, 0) is 57.6 Å². The third kappa shape index (κ3) is 7.74. The molecule has 0 bridgehead atoms. The van der Waals surface area contributed by atoms with E-state index < -0.39 is 5.82 Å². The maximum Gasteiger partial charge on any atom is 0.263 e. The van der Waals surface area contributed by atoms with Gasteiger partial charge in [-0.25, -0.2) is 9.37 Å². The predicted molar refractivity (Wildman–Crippen MR) is 120 cm³/mol. The zero-order chi connectivity index (χ0) is 21.8. The molecule has 0 unspecified atom stereocenters. The van der Waals surface area contributed by atoms with Gasteiger partial charge in [-0.15, -0.1) is 11.3 Å². The molecule has 2 aromatic rings. The van der Waals surface area contributed by atoms with Crippen LogP contribution in [0.5, 0.6) is 5.75 Å². The number of amides is 1. The quantitative estimate of drug-likeness (QED) is 0.739. The first kappa shape index (κ1) is 25.0. The standard InChI is InChI=1S/C13H13FN2O2S.C6H13N.C3H8/c1-7-11(12(17)15-2)19-13(16-7)8-4-5-10(18-3)9(14)6-8;1-2-7-5-3-4-6-7;1-3-2/h4-6H,1-3H3,(H,15,17);2-6H2,1H3;3H2,1-2H3. The van der Waals surface area contributed by atoms with Gasteiger partial charge in [-0.2, -0.15) is 0 Å². The monoisotopic (exact) mass is 423 g/mol. The lowest BCUT2D eigenvalue weighted by Gasteiger charge is -2.08. The number of halogens is 1. The van der Waals surface area contributed by atoms with Crippen LogP contribution in [0, 0.1) is 12.7 Å². The summed E-state index contributed by atoms with van der Waals surface area (Å²) >= 11 is 1.24. The summed E-state index contributed by atoms with van der Waals surface area (Å²) in [6, 6.07) is 4.61. The van der Waals surface area contributed by atoms with Gasteiger partial charge in [0.05, 0.1) is 12.8 Å². The van der Waals surface area contributed by atoms with Crippen molar-refractivity contribution in [3.8, 4) is 16.3 Å². The summed E-state index contributed by atoms with van der Waals surface area (Å²) in [5.74, 6) is -0.451. The van der Waals surface area contributed by atoms with Crippen LogP contribution in [0.3, 0.4) is 0 Å². The molecule has 1 N–H and O–H groups in total. The van der Waals surface area contributed by atoms with Gasteiger partial charge in [-0.3, -0.25) is 4.79 Å². The molecule has 1 aromatic carbocycles. The van der Waals surface area contributed by atoms with E-state index in [0.29, 0.717) is 21.1 Å². The van der Waals surface area contributed by atoms with Crippen LogP contribution in [0.25, 0.3) is 10.6 Å². The number of rotatable bonds is 4. The number of hydrogen-bond donors (Lipinski definition) is 1. The van der Waals surface area contributed by atoms with Crippen molar-refractivity contribution in [1.82, 2.24) is 15.2 Å². The Hall–Kier alpha value is -1.99. The van der Waals surface area contributed by atoms with Crippen LogP contribution < -0.4 is 10.1 Å². The summed E-state index contributed by atoms with van der Waals surface area (Å²) in [5, 5.41) is 3.16. The van der Waals surface area contributed by atoms with E-state index in [4.69, 9.17) is 4.74 Å². The van der Waals surface area contributed by atoms with Gasteiger partial charge >= 0.3 is 0 Å². The molecule has 1 aliphatic heterocycles. The van der Waals surface area contributed by atoms with Gasteiger partial charge < -0.3 is 15.0 Å². The molecule has 2 heterocycles. The maximum absolute atomic E-state index is 13.6. The van der Waals surface area contributed by atoms with E-state index in [1.54, 1.807) is 26.1 Å². The Bertz CT molecular complexity index is 759. The molecule has 0 spiro atoms. The SMILES string of the molecule is CCC.CCN1CCCC1.CNC(=O)c1sc(-c2ccc(OC)c(F)c2)nc1C. The number of nitrogens with zero attached hydrogens (tertiary/aromatic N) is 2. The fourth-order valence-corrected chi connectivity index (χ4v) is 3.75. The molecule has 0 saturated carbocycles. The molecule has 1 aliphatic rings. The van der Waals surface area contributed by atoms with Crippen molar-refractivity contribution in [3.63, 3.8) is 0 Å². The molecule has 29 heavy (non-hydrogen) atoms. The molecule has 7 heteroatoms. The number of ether oxygens (including phenoxy) is 1. The van der Waals surface area contributed by atoms with Crippen LogP contribution in [-0.4, -0.2) is 49.6 Å². The topological polar surface area (TPSA) is 54.5 Å². The highest BCUT2D eigenvalue weighted by Gasteiger charge is 2.16. The first-order chi connectivity index (χ1) is 13.9. The third-order valence-corrected chi connectivity index (χ3v) is 5.48. The molecule has 0 radical (unpaired) electrons. The predicted octanol–water partition coefficient (Wildman–Crippen LogP) is 5.14. The maximum atomic E-state index is 13.6. The average Bonchev–Trinajstić information content (AvgIpc) is 3.38. The molecule has 5 nitrogen and oxygen atoms in total. The first-order valence-corrected chi connectivity index (χ1v) is 11.0. The van der Waals surface area contributed by atoms with E-state index in [1.165, 1.54) is 63.4 Å². The van der Waals surface area contributed by atoms with Crippen LogP contribution in [-0.2, 0) is 0 Å². The number of carbonyl (C=O) groups excluding carboxylic acids is 1. The number of thiazole rings is 1. The second kappa shape index (κ2) is 13.3. The van der Waals surface area contributed by atoms with Gasteiger partial charge in [-0.1, -0.05) is 27.2 Å². The van der Waals surface area contributed by atoms with Crippen LogP contribution in [0.2, 0.25) is 0 Å². The van der Waals surface area contributed by atoms with Crippen molar-refractivity contribution in [3.05, 3.63) is 34.6 Å². The molecule has 162 valence electrons. The second-order valence-electron chi connectivity index (χ2n) is 6.71. The van der Waals surface area contributed by atoms with Gasteiger partial charge in [0.15, 0.2) is 11.6 Å². The van der Waals surface area contributed by atoms with Gasteiger partial charge in [0, 0.05) is 12.6 Å². The van der Waals surface area contributed by atoms with Gasteiger partial charge in [0.25, 0.3) is 5.91 Å². The van der Waals surface area contributed by atoms with E-state index in [2.05, 4.69) is 36.0 Å². The summed E-state index contributed by atoms with van der Waals surface area (Å²) in [6.07, 6.45) is 4.10. The van der Waals surface area contributed by atoms with Crippen molar-refractivity contribution in [1.29, 1.82) is 0 Å². The zero-order valence-electron chi connectivity index (χ0n) is 18.5. The Morgan fingerprint density at radius 1 is 1.28 bits per heavy atom. The number of aryl methyl sites for hydroxylation is 1. The summed E-state index contributed by atoms with van der Waals surface area (Å²) in [4.78, 5) is 18.9. The van der Waals surface area contributed by atoms with E-state index in [9.17, 15) is 9.18 Å². The number of nitrogens with one attached hydrogen (secondary N) is 1. The van der Waals surface area contributed by atoms with E-state index in [1.807, 2.05) is 0 Å². The number of likely N-dealkylation sites (tertiary alicyclic amines) is 1. The number of hydrogen-bond acceptors (Lipinski definition) is 5. The highest BCUT2D eigenvalue weighted by molar-refractivity contribution is 7.17. The Kier molecular flexibility index (Phi) is 11.5. The average molecular weight is 424 g/mol. The Balaban J connectivity index is 0.000000347. The molecule has 3 rings (SSSR count). The van der Waals surface area contributed by atoms with Crippen LogP contribution in [0.4, 0.5) is 4.39 Å². The number of benzene rings is 1. The van der Waals surface area contributed by atoms with Crippen LogP contribution in [0.1, 0.15) is 55.4 Å². The summed E-state index contributed by atoms with van der Waals surface area (Å²) in [7, 11) is 2.98. The Morgan fingerprint density at radius 2 is 1.90 bits per heavy atom. The normalized spacial score (nSPS) is 13.1. The largest absolute Gasteiger partial charge is 0.494 e. The number of methoxy groups -OCH3 is 1. The molecule has 0 aliphatic carbocycles. The number of carbonyl (C=O) groups is 1. The smallest absolute Gasteiger partial charge is 0.263 e. The zero-order valence-corrected chi connectivity index (χ0v) is 19.3. The molecule has 1 aromatic heterocycles. The minimum atomic E-state index is -0.450. The number of aromatic nitrogens is 1. The molecular formula is C22H34FN3O2S. The Labute approximate surface area is 178 Å². The molecule has 1 saturated heterocycles. The van der Waals surface area contributed by atoms with Crippen LogP contribution >= 0.6 is 11.3 Å². The molecule has 1 amide bonds. The summed E-state index contributed by atoms with van der Waals surface area (Å²) in [5.41, 5.74) is 1.26. The summed E-state index contributed by atoms with van der Waals surface area (Å²) in [6.45, 7) is 12.2. The molecule has 1 fully saturated rings. The van der Waals surface area contributed by atoms with Gasteiger partial charge in [0.2, 0.25) is 0 Å². The fourth-order valence-electron chi connectivity index (χ4n) is 2.74. The second-order valence-corrected chi connectivity index (χ2v) is 7.71. The highest BCUT2D eigenvalue weighted by atomic mass is 32.1. The lowest BCUT2D eigenvalue weighted by atomic mass is 10.2. The van der Waals surface area contributed by atoms with Crippen molar-refractivity contribution in [2.45, 2.75) is 47.0 Å². The lowest BCUT2D eigenvalue weighted by molar-refractivity contribution is 0.0966. The van der Waals surface area contributed by atoms with Crippen LogP contribution in [0.15, 0.2) is 18.2 Å². The van der Waals surface area contributed by atoms with Crippen molar-refractivity contribution >= 4 is 17.2 Å². The minimum absolute atomic E-state index is 0.184. The van der Waals surface area contributed by atoms with Crippen molar-refractivity contribution < 1.29 is 13.9 Å². The van der Waals surface area contributed by atoms with E-state index in [0.717, 1.165) is 0 Å². The van der Waals surface area contributed by atoms with Gasteiger partial charge in [0.1, 0.15) is 9.88 Å². The van der Waals surface area contributed by atoms with Crippen molar-refractivity contribution in [2.75, 3.05) is 33.8 Å². The highest BCUT2D eigenvalue weighted by Crippen LogP contribution is 2.30. The third-order valence-electron chi connectivity index (χ3n) is 4.27. The first-order valence-electron chi connectivity index (χ1n) is 10.2. The Morgan fingerprint density at radius 3 is 2.34 bits per heavy atom. The lowest BCUT2D eigenvalue weighted by Crippen LogP contribution is -2.17. The molecular weight excluding hydrogens is 389 g/mol. The fraction of sp³-hybridized carbons (Fsp3) is 0.545. The van der Waals surface area contributed by atoms with E-state index >= 15 is 0 Å². The summed E-state index contributed by atoms with van der Waals surface area (Å²) < 4.78 is 18.5. The molecule has 0 atom stereocenters. The van der Waals surface area contributed by atoms with E-state index in [-0.39, 0.29) is 11.7 Å².